The molecule has 200 valence electrons. The summed E-state index contributed by atoms with van der Waals surface area (Å²) in [5.41, 5.74) is 1.50. The summed E-state index contributed by atoms with van der Waals surface area (Å²) >= 11 is 2.63. The highest BCUT2D eigenvalue weighted by Gasteiger charge is 2.25. The van der Waals surface area contributed by atoms with E-state index in [1.807, 2.05) is 28.7 Å². The van der Waals surface area contributed by atoms with Crippen molar-refractivity contribution < 1.29 is 9.18 Å². The molecule has 0 spiro atoms. The van der Waals surface area contributed by atoms with Gasteiger partial charge in [-0.15, -0.1) is 23.1 Å². The maximum absolute atomic E-state index is 15.2. The molecule has 1 atom stereocenters. The summed E-state index contributed by atoms with van der Waals surface area (Å²) in [5, 5.41) is 3.25. The number of fused-ring (bicyclic) bond motifs is 5. The molecular formula is C28H27FN6O2S2. The summed E-state index contributed by atoms with van der Waals surface area (Å²) in [5.74, 6) is -0.471. The van der Waals surface area contributed by atoms with Crippen LogP contribution in [0.15, 0.2) is 58.7 Å². The van der Waals surface area contributed by atoms with Crippen LogP contribution in [-0.2, 0) is 6.42 Å². The molecule has 1 saturated heterocycles. The van der Waals surface area contributed by atoms with E-state index >= 15 is 4.39 Å². The number of nitrogens with one attached hydrogen (secondary N) is 1. The lowest BCUT2D eigenvalue weighted by Crippen LogP contribution is -2.34. The van der Waals surface area contributed by atoms with Crippen LogP contribution in [0.25, 0.3) is 26.1 Å². The molecule has 5 aromatic rings. The van der Waals surface area contributed by atoms with Crippen molar-refractivity contribution in [1.82, 2.24) is 29.6 Å². The monoisotopic (exact) mass is 562 g/mol. The average Bonchev–Trinajstić information content (AvgIpc) is 3.53. The van der Waals surface area contributed by atoms with Gasteiger partial charge in [0.05, 0.1) is 21.3 Å². The molecule has 11 heteroatoms. The second kappa shape index (κ2) is 11.0. The molecular weight excluding hydrogens is 535 g/mol. The molecule has 1 aliphatic heterocycles. The summed E-state index contributed by atoms with van der Waals surface area (Å²) < 4.78 is 18.0. The third-order valence-corrected chi connectivity index (χ3v) is 9.33. The molecule has 1 fully saturated rings. The zero-order valence-corrected chi connectivity index (χ0v) is 23.0. The van der Waals surface area contributed by atoms with Gasteiger partial charge in [-0.1, -0.05) is 12.1 Å². The Labute approximate surface area is 232 Å². The number of benzene rings is 1. The van der Waals surface area contributed by atoms with E-state index in [2.05, 4.69) is 32.2 Å². The van der Waals surface area contributed by atoms with Crippen LogP contribution >= 0.6 is 23.1 Å². The van der Waals surface area contributed by atoms with Crippen LogP contribution < -0.4 is 10.7 Å². The Bertz CT molecular complexity index is 1740. The van der Waals surface area contributed by atoms with E-state index in [0.29, 0.717) is 35.2 Å². The molecule has 8 nitrogen and oxygen atoms in total. The summed E-state index contributed by atoms with van der Waals surface area (Å²) in [4.78, 5) is 42.9. The van der Waals surface area contributed by atoms with E-state index in [1.165, 1.54) is 29.2 Å². The molecule has 0 aliphatic carbocycles. The van der Waals surface area contributed by atoms with Gasteiger partial charge in [-0.2, -0.15) is 0 Å². The van der Waals surface area contributed by atoms with Gasteiger partial charge in [0.25, 0.3) is 5.91 Å². The topological polar surface area (TPSA) is 92.5 Å². The number of hydrogen-bond donors (Lipinski definition) is 1. The molecule has 5 heterocycles. The van der Waals surface area contributed by atoms with Gasteiger partial charge in [0, 0.05) is 43.4 Å². The molecule has 4 aromatic heterocycles. The van der Waals surface area contributed by atoms with Gasteiger partial charge in [-0.05, 0) is 51.1 Å². The van der Waals surface area contributed by atoms with E-state index < -0.39 is 17.2 Å². The number of hydrogen-bond acceptors (Lipinski definition) is 8. The minimum Gasteiger partial charge on any atom is -0.352 e. The van der Waals surface area contributed by atoms with Crippen molar-refractivity contribution in [2.24, 2.45) is 0 Å². The number of aromatic nitrogens is 4. The van der Waals surface area contributed by atoms with E-state index in [1.54, 1.807) is 18.6 Å². The number of thioether (sulfide) groups is 1. The SMILES string of the molecule is CN1CCCC1CCNC(=O)c1c(=O)c2cc(F)c(SCCc3cnccn3)nc2n2c1sc1ccccc12. The number of halogens is 1. The van der Waals surface area contributed by atoms with Crippen molar-refractivity contribution in [3.63, 3.8) is 0 Å². The Hall–Kier alpha value is -3.41. The predicted molar refractivity (Wildman–Crippen MR) is 153 cm³/mol. The van der Waals surface area contributed by atoms with Crippen LogP contribution in [-0.4, -0.2) is 62.1 Å². The first-order valence-electron chi connectivity index (χ1n) is 12.9. The highest BCUT2D eigenvalue weighted by atomic mass is 32.2. The van der Waals surface area contributed by atoms with Crippen LogP contribution in [0, 0.1) is 5.82 Å². The minimum absolute atomic E-state index is 0.0349. The minimum atomic E-state index is -0.584. The molecule has 1 amide bonds. The van der Waals surface area contributed by atoms with Crippen molar-refractivity contribution in [2.75, 3.05) is 25.9 Å². The van der Waals surface area contributed by atoms with Crippen molar-refractivity contribution in [2.45, 2.75) is 36.8 Å². The van der Waals surface area contributed by atoms with Gasteiger partial charge in [-0.25, -0.2) is 9.37 Å². The molecule has 0 radical (unpaired) electrons. The van der Waals surface area contributed by atoms with Gasteiger partial charge >= 0.3 is 0 Å². The third-order valence-electron chi connectivity index (χ3n) is 7.21. The predicted octanol–water partition coefficient (Wildman–Crippen LogP) is 4.54. The Morgan fingerprint density at radius 2 is 2.15 bits per heavy atom. The Balaban J connectivity index is 1.38. The van der Waals surface area contributed by atoms with Crippen LogP contribution in [0.3, 0.4) is 0 Å². The lowest BCUT2D eigenvalue weighted by Gasteiger charge is -2.19. The summed E-state index contributed by atoms with van der Waals surface area (Å²) in [7, 11) is 2.10. The second-order valence-corrected chi connectivity index (χ2v) is 11.8. The molecule has 39 heavy (non-hydrogen) atoms. The highest BCUT2D eigenvalue weighted by molar-refractivity contribution is 7.99. The van der Waals surface area contributed by atoms with E-state index in [4.69, 9.17) is 0 Å². The zero-order chi connectivity index (χ0) is 26.9. The largest absolute Gasteiger partial charge is 0.352 e. The highest BCUT2D eigenvalue weighted by Crippen LogP contribution is 2.32. The average molecular weight is 563 g/mol. The second-order valence-electron chi connectivity index (χ2n) is 9.68. The lowest BCUT2D eigenvalue weighted by molar-refractivity contribution is 0.0951. The summed E-state index contributed by atoms with van der Waals surface area (Å²) in [6.07, 6.45) is 8.60. The first-order valence-corrected chi connectivity index (χ1v) is 14.7. The van der Waals surface area contributed by atoms with Gasteiger partial charge in [0.2, 0.25) is 5.43 Å². The fourth-order valence-corrected chi connectivity index (χ4v) is 7.22. The molecule has 1 aliphatic rings. The van der Waals surface area contributed by atoms with Crippen molar-refractivity contribution in [3.8, 4) is 0 Å². The summed E-state index contributed by atoms with van der Waals surface area (Å²) in [6.45, 7) is 1.53. The number of carbonyl (C=O) groups excluding carboxylic acids is 1. The molecule has 1 unspecified atom stereocenters. The Morgan fingerprint density at radius 3 is 2.95 bits per heavy atom. The van der Waals surface area contributed by atoms with E-state index in [9.17, 15) is 9.59 Å². The number of aryl methyl sites for hydroxylation is 1. The Morgan fingerprint density at radius 1 is 1.28 bits per heavy atom. The fraction of sp³-hybridized carbons (Fsp3) is 0.321. The van der Waals surface area contributed by atoms with Crippen molar-refractivity contribution >= 4 is 55.1 Å². The number of likely N-dealkylation sites (tertiary alicyclic amines) is 1. The first kappa shape index (κ1) is 25.8. The van der Waals surface area contributed by atoms with Crippen molar-refractivity contribution in [1.29, 1.82) is 0 Å². The fourth-order valence-electron chi connectivity index (χ4n) is 5.19. The smallest absolute Gasteiger partial charge is 0.258 e. The molecule has 0 saturated carbocycles. The van der Waals surface area contributed by atoms with E-state index in [0.717, 1.165) is 41.7 Å². The third kappa shape index (κ3) is 5.02. The van der Waals surface area contributed by atoms with Crippen molar-refractivity contribution in [3.05, 3.63) is 76.2 Å². The van der Waals surface area contributed by atoms with Crippen LogP contribution in [0.4, 0.5) is 4.39 Å². The molecule has 1 aromatic carbocycles. The molecule has 1 N–H and O–H groups in total. The van der Waals surface area contributed by atoms with E-state index in [-0.39, 0.29) is 16.0 Å². The standard InChI is InChI=1S/C28H27FN6O2S2/c1-34-13-4-5-18(34)8-10-32-26(37)23-24(36)19-15-20(29)27(38-14-9-17-16-30-11-12-31-17)33-25(19)35-21-6-2-3-7-22(21)39-28(23)35/h2-3,6-7,11-12,15-16,18H,4-5,8-10,13-14H2,1H3,(H,32,37). The number of amides is 1. The summed E-state index contributed by atoms with van der Waals surface area (Å²) in [6, 6.07) is 9.33. The number of pyridine rings is 2. The van der Waals surface area contributed by atoms with Crippen LogP contribution in [0.5, 0.6) is 0 Å². The molecule has 6 rings (SSSR count). The number of para-hydroxylation sites is 1. The molecule has 0 bridgehead atoms. The maximum Gasteiger partial charge on any atom is 0.258 e. The van der Waals surface area contributed by atoms with Gasteiger partial charge in [0.15, 0.2) is 11.5 Å². The maximum atomic E-state index is 15.2. The number of nitrogens with zero attached hydrogens (tertiary/aromatic N) is 5. The normalized spacial score (nSPS) is 16.0. The first-order chi connectivity index (χ1) is 19.0. The zero-order valence-electron chi connectivity index (χ0n) is 21.4. The van der Waals surface area contributed by atoms with Gasteiger partial charge in [0.1, 0.15) is 15.4 Å². The van der Waals surface area contributed by atoms with Gasteiger partial charge < -0.3 is 10.2 Å². The van der Waals surface area contributed by atoms with Crippen LogP contribution in [0.1, 0.15) is 35.3 Å². The number of thiazole rings is 1. The Kier molecular flexibility index (Phi) is 7.28. The quantitative estimate of drug-likeness (QED) is 0.278. The lowest BCUT2D eigenvalue weighted by atomic mass is 10.1. The van der Waals surface area contributed by atoms with Gasteiger partial charge in [-0.3, -0.25) is 24.0 Å². The number of rotatable bonds is 8. The van der Waals surface area contributed by atoms with Crippen LogP contribution in [0.2, 0.25) is 0 Å². The number of carbonyl (C=O) groups is 1.